The fourth-order valence-corrected chi connectivity index (χ4v) is 2.23. The summed E-state index contributed by atoms with van der Waals surface area (Å²) in [6, 6.07) is 11.3. The van der Waals surface area contributed by atoms with E-state index in [4.69, 9.17) is 0 Å². The van der Waals surface area contributed by atoms with Gasteiger partial charge in [0.15, 0.2) is 0 Å². The fraction of sp³-hybridized carbons (Fsp3) is 0.538. The lowest BCUT2D eigenvalue weighted by atomic mass is 10.1. The maximum Gasteiger partial charge on any atom is 0.0655 e. The molecule has 0 bridgehead atoms. The van der Waals surface area contributed by atoms with Gasteiger partial charge >= 0.3 is 0 Å². The first-order valence-corrected chi connectivity index (χ1v) is 5.61. The highest BCUT2D eigenvalue weighted by atomic mass is 15.4. The summed E-state index contributed by atoms with van der Waals surface area (Å²) in [5.41, 5.74) is 1.56. The Hall–Kier alpha value is -0.860. The number of nitrogens with zero attached hydrogens (tertiary/aromatic N) is 1. The molecular formula is C13H20N2. The molecule has 0 aromatic heterocycles. The minimum Gasteiger partial charge on any atom is -0.295 e. The number of hydrogen-bond acceptors (Lipinski definition) is 2. The maximum absolute atomic E-state index is 3.65. The molecule has 0 saturated carbocycles. The zero-order chi connectivity index (χ0) is 10.9. The molecule has 1 heterocycles. The van der Waals surface area contributed by atoms with Crippen molar-refractivity contribution in [3.63, 3.8) is 0 Å². The molecule has 1 aromatic rings. The number of benzene rings is 1. The van der Waals surface area contributed by atoms with Crippen molar-refractivity contribution in [1.82, 2.24) is 10.2 Å². The molecule has 1 fully saturated rings. The molecular weight excluding hydrogens is 184 g/mol. The Morgan fingerprint density at radius 1 is 1.33 bits per heavy atom. The molecule has 2 nitrogen and oxygen atoms in total. The van der Waals surface area contributed by atoms with Gasteiger partial charge in [0.05, 0.1) is 5.66 Å². The van der Waals surface area contributed by atoms with Gasteiger partial charge in [0, 0.05) is 12.6 Å². The Morgan fingerprint density at radius 2 is 2.00 bits per heavy atom. The van der Waals surface area contributed by atoms with Gasteiger partial charge in [0.25, 0.3) is 0 Å². The van der Waals surface area contributed by atoms with Gasteiger partial charge in [-0.15, -0.1) is 0 Å². The first kappa shape index (κ1) is 10.7. The van der Waals surface area contributed by atoms with Crippen LogP contribution in [0.1, 0.15) is 19.4 Å². The zero-order valence-electron chi connectivity index (χ0n) is 9.83. The van der Waals surface area contributed by atoms with Crippen LogP contribution in [0.3, 0.4) is 0 Å². The Balaban J connectivity index is 1.99. The van der Waals surface area contributed by atoms with E-state index in [1.165, 1.54) is 5.56 Å². The summed E-state index contributed by atoms with van der Waals surface area (Å²) in [7, 11) is 2.18. The molecule has 2 rings (SSSR count). The van der Waals surface area contributed by atoms with Gasteiger partial charge in [0.2, 0.25) is 0 Å². The highest BCUT2D eigenvalue weighted by Gasteiger charge is 2.34. The van der Waals surface area contributed by atoms with Crippen molar-refractivity contribution >= 4 is 0 Å². The maximum atomic E-state index is 3.65. The first-order valence-electron chi connectivity index (χ1n) is 5.61. The minimum absolute atomic E-state index is 0.138. The quantitative estimate of drug-likeness (QED) is 0.791. The van der Waals surface area contributed by atoms with E-state index in [9.17, 15) is 0 Å². The summed E-state index contributed by atoms with van der Waals surface area (Å²) >= 11 is 0. The van der Waals surface area contributed by atoms with Crippen molar-refractivity contribution in [3.05, 3.63) is 35.9 Å². The number of rotatable bonds is 2. The molecule has 2 heteroatoms. The molecule has 0 radical (unpaired) electrons. The van der Waals surface area contributed by atoms with E-state index in [1.54, 1.807) is 0 Å². The molecule has 0 amide bonds. The predicted molar refractivity (Wildman–Crippen MR) is 63.8 cm³/mol. The van der Waals surface area contributed by atoms with Crippen molar-refractivity contribution in [3.8, 4) is 0 Å². The van der Waals surface area contributed by atoms with Crippen LogP contribution in [-0.2, 0) is 6.42 Å². The van der Waals surface area contributed by atoms with Crippen LogP contribution in [0.2, 0.25) is 0 Å². The summed E-state index contributed by atoms with van der Waals surface area (Å²) in [5, 5.41) is 3.65. The van der Waals surface area contributed by atoms with Crippen LogP contribution in [0.25, 0.3) is 0 Å². The standard InChI is InChI=1S/C13H20N2/c1-13(2)14-12(10-15(13)3)9-11-7-5-4-6-8-11/h4-8,12,14H,9-10H2,1-3H3/t12-/m0/s1. The van der Waals surface area contributed by atoms with E-state index in [0.29, 0.717) is 6.04 Å². The molecule has 1 saturated heterocycles. The van der Waals surface area contributed by atoms with E-state index in [2.05, 4.69) is 61.4 Å². The van der Waals surface area contributed by atoms with Crippen molar-refractivity contribution in [1.29, 1.82) is 0 Å². The molecule has 82 valence electrons. The van der Waals surface area contributed by atoms with Crippen LogP contribution >= 0.6 is 0 Å². The zero-order valence-corrected chi connectivity index (χ0v) is 9.83. The van der Waals surface area contributed by atoms with Crippen LogP contribution in [0.4, 0.5) is 0 Å². The molecule has 1 N–H and O–H groups in total. The third-order valence-corrected chi connectivity index (χ3v) is 3.33. The van der Waals surface area contributed by atoms with Crippen molar-refractivity contribution in [2.24, 2.45) is 0 Å². The predicted octanol–water partition coefficient (Wildman–Crippen LogP) is 1.87. The van der Waals surface area contributed by atoms with Crippen LogP contribution in [0.15, 0.2) is 30.3 Å². The molecule has 0 unspecified atom stereocenters. The second kappa shape index (κ2) is 3.95. The number of hydrogen-bond donors (Lipinski definition) is 1. The minimum atomic E-state index is 0.138. The van der Waals surface area contributed by atoms with Gasteiger partial charge in [-0.25, -0.2) is 0 Å². The van der Waals surface area contributed by atoms with Crippen LogP contribution in [0.5, 0.6) is 0 Å². The summed E-state index contributed by atoms with van der Waals surface area (Å²) in [4.78, 5) is 2.38. The Labute approximate surface area is 92.3 Å². The molecule has 15 heavy (non-hydrogen) atoms. The lowest BCUT2D eigenvalue weighted by Gasteiger charge is -2.27. The van der Waals surface area contributed by atoms with Crippen LogP contribution in [0, 0.1) is 0 Å². The Morgan fingerprint density at radius 3 is 2.53 bits per heavy atom. The highest BCUT2D eigenvalue weighted by molar-refractivity contribution is 5.16. The second-order valence-corrected chi connectivity index (χ2v) is 4.97. The Kier molecular flexibility index (Phi) is 2.81. The van der Waals surface area contributed by atoms with Crippen molar-refractivity contribution < 1.29 is 0 Å². The molecule has 0 aliphatic carbocycles. The van der Waals surface area contributed by atoms with Gasteiger partial charge in [-0.05, 0) is 32.9 Å². The summed E-state index contributed by atoms with van der Waals surface area (Å²) in [6.45, 7) is 5.60. The van der Waals surface area contributed by atoms with E-state index in [-0.39, 0.29) is 5.66 Å². The SMILES string of the molecule is CN1C[C@H](Cc2ccccc2)NC1(C)C. The third kappa shape index (κ3) is 2.39. The normalized spacial score (nSPS) is 25.7. The van der Waals surface area contributed by atoms with Gasteiger partial charge < -0.3 is 0 Å². The van der Waals surface area contributed by atoms with E-state index in [0.717, 1.165) is 13.0 Å². The molecule has 0 spiro atoms. The Bertz CT molecular complexity index is 319. The van der Waals surface area contributed by atoms with E-state index >= 15 is 0 Å². The van der Waals surface area contributed by atoms with Gasteiger partial charge in [-0.1, -0.05) is 30.3 Å². The van der Waals surface area contributed by atoms with E-state index in [1.807, 2.05) is 0 Å². The summed E-state index contributed by atoms with van der Waals surface area (Å²) in [5.74, 6) is 0. The monoisotopic (exact) mass is 204 g/mol. The van der Waals surface area contributed by atoms with E-state index < -0.39 is 0 Å². The first-order chi connectivity index (χ1) is 7.08. The fourth-order valence-electron chi connectivity index (χ4n) is 2.23. The molecule has 1 aromatic carbocycles. The average Bonchev–Trinajstić information content (AvgIpc) is 2.42. The third-order valence-electron chi connectivity index (χ3n) is 3.33. The number of nitrogens with one attached hydrogen (secondary N) is 1. The van der Waals surface area contributed by atoms with Gasteiger partial charge in [-0.2, -0.15) is 0 Å². The number of likely N-dealkylation sites (N-methyl/N-ethyl adjacent to an activating group) is 1. The van der Waals surface area contributed by atoms with Crippen LogP contribution < -0.4 is 5.32 Å². The lowest BCUT2D eigenvalue weighted by Crippen LogP contribution is -2.45. The van der Waals surface area contributed by atoms with Gasteiger partial charge in [-0.3, -0.25) is 10.2 Å². The lowest BCUT2D eigenvalue weighted by molar-refractivity contribution is 0.197. The van der Waals surface area contributed by atoms with Gasteiger partial charge in [0.1, 0.15) is 0 Å². The molecule has 1 aliphatic heterocycles. The molecule has 1 atom stereocenters. The topological polar surface area (TPSA) is 15.3 Å². The van der Waals surface area contributed by atoms with Crippen LogP contribution in [-0.4, -0.2) is 30.2 Å². The second-order valence-electron chi connectivity index (χ2n) is 4.97. The van der Waals surface area contributed by atoms with Crippen molar-refractivity contribution in [2.45, 2.75) is 32.0 Å². The average molecular weight is 204 g/mol. The summed E-state index contributed by atoms with van der Waals surface area (Å²) in [6.07, 6.45) is 1.12. The smallest absolute Gasteiger partial charge is 0.0655 e. The molecule has 1 aliphatic rings. The van der Waals surface area contributed by atoms with Crippen molar-refractivity contribution in [2.75, 3.05) is 13.6 Å². The summed E-state index contributed by atoms with van der Waals surface area (Å²) < 4.78 is 0. The largest absolute Gasteiger partial charge is 0.295 e. The highest BCUT2D eigenvalue weighted by Crippen LogP contribution is 2.19.